The van der Waals surface area contributed by atoms with Crippen LogP contribution < -0.4 is 5.32 Å². The Labute approximate surface area is 187 Å². The summed E-state index contributed by atoms with van der Waals surface area (Å²) in [4.78, 5) is 12.1. The summed E-state index contributed by atoms with van der Waals surface area (Å²) in [6.07, 6.45) is 15.9. The number of nitrogens with one attached hydrogen (secondary N) is 1. The summed E-state index contributed by atoms with van der Waals surface area (Å²) in [5, 5.41) is 2.62. The fourth-order valence-corrected chi connectivity index (χ4v) is 3.90. The standard InChI is InChI=1S/C26H42F3NO/c1-2-3-4-5-6-7-8-9-10-11-12-13-14-15-16-19-22-30-25(31)23-20-17-18-21-24(23)26(27,28)29/h17-18,20-21H,2-16,19,22H2,1H3,(H,30,31). The third-order valence-corrected chi connectivity index (χ3v) is 5.79. The van der Waals surface area contributed by atoms with E-state index in [1.165, 1.54) is 102 Å². The second-order valence-corrected chi connectivity index (χ2v) is 8.60. The van der Waals surface area contributed by atoms with E-state index in [0.29, 0.717) is 6.54 Å². The van der Waals surface area contributed by atoms with E-state index in [9.17, 15) is 18.0 Å². The zero-order valence-electron chi connectivity index (χ0n) is 19.4. The number of halogens is 3. The smallest absolute Gasteiger partial charge is 0.352 e. The van der Waals surface area contributed by atoms with Gasteiger partial charge in [0.05, 0.1) is 11.1 Å². The lowest BCUT2D eigenvalue weighted by Gasteiger charge is -2.12. The van der Waals surface area contributed by atoms with Gasteiger partial charge in [0.2, 0.25) is 0 Å². The number of rotatable bonds is 18. The van der Waals surface area contributed by atoms with Gasteiger partial charge in [-0.1, -0.05) is 115 Å². The molecule has 0 aliphatic rings. The highest BCUT2D eigenvalue weighted by molar-refractivity contribution is 5.95. The number of unbranched alkanes of at least 4 members (excludes halogenated alkanes) is 15. The third kappa shape index (κ3) is 13.5. The predicted molar refractivity (Wildman–Crippen MR) is 123 cm³/mol. The van der Waals surface area contributed by atoms with Gasteiger partial charge in [-0.05, 0) is 18.6 Å². The quantitative estimate of drug-likeness (QED) is 0.227. The molecule has 0 aliphatic heterocycles. The van der Waals surface area contributed by atoms with Crippen molar-refractivity contribution in [3.05, 3.63) is 35.4 Å². The molecule has 2 nitrogen and oxygen atoms in total. The molecule has 1 N–H and O–H groups in total. The maximum atomic E-state index is 13.0. The van der Waals surface area contributed by atoms with Crippen molar-refractivity contribution >= 4 is 5.91 Å². The van der Waals surface area contributed by atoms with E-state index in [-0.39, 0.29) is 5.56 Å². The van der Waals surface area contributed by atoms with Gasteiger partial charge in [0, 0.05) is 6.54 Å². The molecule has 0 unspecified atom stereocenters. The lowest BCUT2D eigenvalue weighted by atomic mass is 10.0. The molecular weight excluding hydrogens is 399 g/mol. The maximum Gasteiger partial charge on any atom is 0.417 e. The highest BCUT2D eigenvalue weighted by Crippen LogP contribution is 2.31. The highest BCUT2D eigenvalue weighted by atomic mass is 19.4. The third-order valence-electron chi connectivity index (χ3n) is 5.79. The predicted octanol–water partition coefficient (Wildman–Crippen LogP) is 8.70. The van der Waals surface area contributed by atoms with Gasteiger partial charge in [0.25, 0.3) is 5.91 Å². The van der Waals surface area contributed by atoms with Gasteiger partial charge >= 0.3 is 6.18 Å². The van der Waals surface area contributed by atoms with Crippen molar-refractivity contribution in [2.75, 3.05) is 6.54 Å². The number of hydrogen-bond donors (Lipinski definition) is 1. The molecule has 1 amide bonds. The summed E-state index contributed by atoms with van der Waals surface area (Å²) in [7, 11) is 0. The molecule has 1 rings (SSSR count). The summed E-state index contributed by atoms with van der Waals surface area (Å²) in [5.74, 6) is -0.645. The second kappa shape index (κ2) is 17.1. The number of alkyl halides is 3. The monoisotopic (exact) mass is 441 g/mol. The van der Waals surface area contributed by atoms with Crippen LogP contribution in [0.5, 0.6) is 0 Å². The van der Waals surface area contributed by atoms with Crippen LogP contribution in [-0.4, -0.2) is 12.5 Å². The minimum Gasteiger partial charge on any atom is -0.352 e. The lowest BCUT2D eigenvalue weighted by Crippen LogP contribution is -2.27. The molecule has 1 aromatic carbocycles. The minimum atomic E-state index is -4.51. The van der Waals surface area contributed by atoms with Crippen LogP contribution in [0.4, 0.5) is 13.2 Å². The molecule has 0 saturated carbocycles. The first-order chi connectivity index (χ1) is 15.0. The minimum absolute atomic E-state index is 0.300. The van der Waals surface area contributed by atoms with Crippen LogP contribution in [0.1, 0.15) is 126 Å². The number of hydrogen-bond acceptors (Lipinski definition) is 1. The Morgan fingerprint density at radius 1 is 0.710 bits per heavy atom. The molecule has 0 spiro atoms. The maximum absolute atomic E-state index is 13.0. The SMILES string of the molecule is CCCCCCCCCCCCCCCCCCNC(=O)c1ccccc1C(F)(F)F. The fraction of sp³-hybridized carbons (Fsp3) is 0.731. The van der Waals surface area contributed by atoms with E-state index in [2.05, 4.69) is 12.2 Å². The van der Waals surface area contributed by atoms with E-state index < -0.39 is 17.6 Å². The lowest BCUT2D eigenvalue weighted by molar-refractivity contribution is -0.137. The molecule has 0 heterocycles. The average molecular weight is 442 g/mol. The molecule has 0 aromatic heterocycles. The van der Waals surface area contributed by atoms with Crippen LogP contribution in [0, 0.1) is 0 Å². The van der Waals surface area contributed by atoms with Gasteiger partial charge in [-0.15, -0.1) is 0 Å². The zero-order valence-corrected chi connectivity index (χ0v) is 19.4. The van der Waals surface area contributed by atoms with Crippen LogP contribution in [0.25, 0.3) is 0 Å². The fourth-order valence-electron chi connectivity index (χ4n) is 3.90. The summed E-state index contributed by atoms with van der Waals surface area (Å²) in [6, 6.07) is 4.93. The molecule has 0 saturated heterocycles. The van der Waals surface area contributed by atoms with Gasteiger partial charge in [-0.25, -0.2) is 0 Å². The second-order valence-electron chi connectivity index (χ2n) is 8.60. The molecular formula is C26H42F3NO. The largest absolute Gasteiger partial charge is 0.417 e. The first-order valence-corrected chi connectivity index (χ1v) is 12.4. The van der Waals surface area contributed by atoms with Crippen molar-refractivity contribution in [1.82, 2.24) is 5.32 Å². The normalized spacial score (nSPS) is 11.6. The molecule has 1 aromatic rings. The number of amides is 1. The van der Waals surface area contributed by atoms with Gasteiger partial charge in [0.15, 0.2) is 0 Å². The van der Waals surface area contributed by atoms with E-state index in [0.717, 1.165) is 25.3 Å². The summed E-state index contributed by atoms with van der Waals surface area (Å²) in [6.45, 7) is 2.68. The highest BCUT2D eigenvalue weighted by Gasteiger charge is 2.34. The van der Waals surface area contributed by atoms with E-state index in [1.807, 2.05) is 0 Å². The van der Waals surface area contributed by atoms with Crippen molar-refractivity contribution in [2.24, 2.45) is 0 Å². The Hall–Kier alpha value is -1.52. The average Bonchev–Trinajstić information content (AvgIpc) is 2.75. The Balaban J connectivity index is 1.94. The van der Waals surface area contributed by atoms with Gasteiger partial charge in [-0.3, -0.25) is 4.79 Å². The van der Waals surface area contributed by atoms with E-state index >= 15 is 0 Å². The van der Waals surface area contributed by atoms with Crippen LogP contribution in [0.2, 0.25) is 0 Å². The van der Waals surface area contributed by atoms with Crippen LogP contribution in [-0.2, 0) is 6.18 Å². The van der Waals surface area contributed by atoms with E-state index in [1.54, 1.807) is 0 Å². The Morgan fingerprint density at radius 2 is 1.13 bits per heavy atom. The molecule has 178 valence electrons. The molecule has 0 radical (unpaired) electrons. The molecule has 0 aliphatic carbocycles. The topological polar surface area (TPSA) is 29.1 Å². The van der Waals surface area contributed by atoms with Gasteiger partial charge in [0.1, 0.15) is 0 Å². The first-order valence-electron chi connectivity index (χ1n) is 12.4. The molecule has 0 atom stereocenters. The number of benzene rings is 1. The van der Waals surface area contributed by atoms with Crippen molar-refractivity contribution < 1.29 is 18.0 Å². The van der Waals surface area contributed by atoms with Crippen LogP contribution in [0.3, 0.4) is 0 Å². The van der Waals surface area contributed by atoms with Crippen molar-refractivity contribution in [2.45, 2.75) is 116 Å². The number of carbonyl (C=O) groups is 1. The Morgan fingerprint density at radius 3 is 1.58 bits per heavy atom. The molecule has 31 heavy (non-hydrogen) atoms. The van der Waals surface area contributed by atoms with Crippen LogP contribution >= 0.6 is 0 Å². The summed E-state index contributed by atoms with van der Waals surface area (Å²) < 4.78 is 38.9. The van der Waals surface area contributed by atoms with Crippen LogP contribution in [0.15, 0.2) is 24.3 Å². The summed E-state index contributed by atoms with van der Waals surface area (Å²) in [5.41, 5.74) is -1.18. The van der Waals surface area contributed by atoms with Crippen molar-refractivity contribution in [1.29, 1.82) is 0 Å². The summed E-state index contributed by atoms with van der Waals surface area (Å²) >= 11 is 0. The Bertz CT molecular complexity index is 586. The molecule has 0 fully saturated rings. The number of carbonyl (C=O) groups excluding carboxylic acids is 1. The van der Waals surface area contributed by atoms with Gasteiger partial charge < -0.3 is 5.32 Å². The molecule has 0 bridgehead atoms. The zero-order chi connectivity index (χ0) is 22.8. The molecule has 5 heteroatoms. The first kappa shape index (κ1) is 27.5. The van der Waals surface area contributed by atoms with E-state index in [4.69, 9.17) is 0 Å². The van der Waals surface area contributed by atoms with Gasteiger partial charge in [-0.2, -0.15) is 13.2 Å². The van der Waals surface area contributed by atoms with Crippen molar-refractivity contribution in [3.63, 3.8) is 0 Å². The Kier molecular flexibility index (Phi) is 15.2. The van der Waals surface area contributed by atoms with Crippen molar-refractivity contribution in [3.8, 4) is 0 Å².